The van der Waals surface area contributed by atoms with Gasteiger partial charge in [0.05, 0.1) is 6.61 Å². The first-order chi connectivity index (χ1) is 9.24. The van der Waals surface area contributed by atoms with Gasteiger partial charge in [-0.3, -0.25) is 9.69 Å². The molecule has 0 aromatic carbocycles. The number of hydrogen-bond acceptors (Lipinski definition) is 4. The lowest BCUT2D eigenvalue weighted by molar-refractivity contribution is -0.121. The number of carbonyl (C=O) groups is 1. The normalized spacial score (nSPS) is 19.7. The van der Waals surface area contributed by atoms with Crippen molar-refractivity contribution in [2.24, 2.45) is 0 Å². The number of carbonyl (C=O) groups excluding carboxylic acids is 1. The Morgan fingerprint density at radius 3 is 3.05 bits per heavy atom. The Labute approximate surface area is 118 Å². The molecule has 0 bridgehead atoms. The van der Waals surface area contributed by atoms with E-state index < -0.39 is 0 Å². The molecule has 106 valence electrons. The van der Waals surface area contributed by atoms with Gasteiger partial charge in [0.2, 0.25) is 5.91 Å². The van der Waals surface area contributed by atoms with Crippen LogP contribution < -0.4 is 5.32 Å². The van der Waals surface area contributed by atoms with Crippen LogP contribution in [0, 0.1) is 6.92 Å². The number of nitrogens with one attached hydrogen (secondary N) is 1. The molecule has 0 atom stereocenters. The Balaban J connectivity index is 1.89. The van der Waals surface area contributed by atoms with Crippen LogP contribution in [0.3, 0.4) is 0 Å². The Morgan fingerprint density at radius 1 is 1.37 bits per heavy atom. The van der Waals surface area contributed by atoms with Crippen molar-refractivity contribution in [2.75, 3.05) is 32.8 Å². The molecule has 1 N–H and O–H groups in total. The highest BCUT2D eigenvalue weighted by Crippen LogP contribution is 2.17. The second-order valence-corrected chi connectivity index (χ2v) is 6.23. The highest BCUT2D eigenvalue weighted by atomic mass is 32.1. The van der Waals surface area contributed by atoms with Gasteiger partial charge in [-0.1, -0.05) is 0 Å². The van der Waals surface area contributed by atoms with Crippen molar-refractivity contribution in [2.45, 2.75) is 26.3 Å². The molecule has 2 rings (SSSR count). The first-order valence-corrected chi connectivity index (χ1v) is 7.68. The third-order valence-corrected chi connectivity index (χ3v) is 4.15. The van der Waals surface area contributed by atoms with Crippen LogP contribution >= 0.6 is 11.3 Å². The van der Waals surface area contributed by atoms with Gasteiger partial charge in [0.25, 0.3) is 0 Å². The Bertz CT molecular complexity index is 406. The second-order valence-electron chi connectivity index (χ2n) is 4.85. The van der Waals surface area contributed by atoms with Crippen molar-refractivity contribution in [1.29, 1.82) is 0 Å². The van der Waals surface area contributed by atoms with Gasteiger partial charge < -0.3 is 10.1 Å². The molecule has 0 spiro atoms. The number of rotatable bonds is 2. The van der Waals surface area contributed by atoms with Gasteiger partial charge in [0, 0.05) is 49.0 Å². The van der Waals surface area contributed by atoms with Crippen LogP contribution in [0.2, 0.25) is 0 Å². The monoisotopic (exact) mass is 282 g/mol. The molecule has 4 nitrogen and oxygen atoms in total. The van der Waals surface area contributed by atoms with Crippen LogP contribution in [0.1, 0.15) is 22.6 Å². The third-order valence-electron chi connectivity index (χ3n) is 3.16. The topological polar surface area (TPSA) is 41.6 Å². The van der Waals surface area contributed by atoms with Gasteiger partial charge >= 0.3 is 0 Å². The van der Waals surface area contributed by atoms with E-state index >= 15 is 0 Å². The van der Waals surface area contributed by atoms with Crippen LogP contribution in [-0.2, 0) is 16.1 Å². The van der Waals surface area contributed by atoms with Crippen molar-refractivity contribution in [3.8, 4) is 0 Å². The highest BCUT2D eigenvalue weighted by molar-refractivity contribution is 7.11. The molecule has 19 heavy (non-hydrogen) atoms. The van der Waals surface area contributed by atoms with E-state index in [1.807, 2.05) is 11.3 Å². The average molecular weight is 282 g/mol. The maximum absolute atomic E-state index is 11.6. The maximum Gasteiger partial charge on any atom is 0.221 e. The SMILES string of the molecule is Cc1ccc(CN2CCCOCCNC(=O)CC2)s1. The summed E-state index contributed by atoms with van der Waals surface area (Å²) in [5, 5.41) is 2.88. The lowest BCUT2D eigenvalue weighted by atomic mass is 10.3. The summed E-state index contributed by atoms with van der Waals surface area (Å²) in [4.78, 5) is 16.7. The van der Waals surface area contributed by atoms with Crippen molar-refractivity contribution in [1.82, 2.24) is 10.2 Å². The van der Waals surface area contributed by atoms with Crippen molar-refractivity contribution in [3.05, 3.63) is 21.9 Å². The number of hydrogen-bond donors (Lipinski definition) is 1. The van der Waals surface area contributed by atoms with Gasteiger partial charge in [-0.05, 0) is 25.5 Å². The first-order valence-electron chi connectivity index (χ1n) is 6.86. The molecular formula is C14H22N2O2S. The Morgan fingerprint density at radius 2 is 2.26 bits per heavy atom. The van der Waals surface area contributed by atoms with E-state index in [9.17, 15) is 4.79 Å². The lowest BCUT2D eigenvalue weighted by Crippen LogP contribution is -2.31. The second kappa shape index (κ2) is 7.62. The number of amides is 1. The van der Waals surface area contributed by atoms with Crippen molar-refractivity contribution < 1.29 is 9.53 Å². The molecule has 1 fully saturated rings. The van der Waals surface area contributed by atoms with Crippen LogP contribution in [0.15, 0.2) is 12.1 Å². The zero-order chi connectivity index (χ0) is 13.5. The number of aryl methyl sites for hydroxylation is 1. The molecular weight excluding hydrogens is 260 g/mol. The lowest BCUT2D eigenvalue weighted by Gasteiger charge is -2.20. The minimum Gasteiger partial charge on any atom is -0.380 e. The van der Waals surface area contributed by atoms with Gasteiger partial charge in [-0.15, -0.1) is 11.3 Å². The van der Waals surface area contributed by atoms with Crippen LogP contribution in [0.25, 0.3) is 0 Å². The first kappa shape index (κ1) is 14.5. The van der Waals surface area contributed by atoms with E-state index in [1.165, 1.54) is 9.75 Å². The van der Waals surface area contributed by atoms with Gasteiger partial charge in [-0.2, -0.15) is 0 Å². The minimum atomic E-state index is 0.123. The molecule has 0 radical (unpaired) electrons. The summed E-state index contributed by atoms with van der Waals surface area (Å²) in [6.07, 6.45) is 1.60. The van der Waals surface area contributed by atoms with Crippen molar-refractivity contribution in [3.63, 3.8) is 0 Å². The van der Waals surface area contributed by atoms with Crippen LogP contribution in [0.5, 0.6) is 0 Å². The quantitative estimate of drug-likeness (QED) is 0.899. The molecule has 5 heteroatoms. The largest absolute Gasteiger partial charge is 0.380 e. The molecule has 0 unspecified atom stereocenters. The van der Waals surface area contributed by atoms with E-state index in [0.29, 0.717) is 19.6 Å². The third kappa shape index (κ3) is 5.30. The van der Waals surface area contributed by atoms with Crippen LogP contribution in [0.4, 0.5) is 0 Å². The predicted molar refractivity (Wildman–Crippen MR) is 77.4 cm³/mol. The molecule has 1 saturated heterocycles. The Kier molecular flexibility index (Phi) is 5.82. The van der Waals surface area contributed by atoms with Crippen LogP contribution in [-0.4, -0.2) is 43.7 Å². The number of thiophene rings is 1. The fraction of sp³-hybridized carbons (Fsp3) is 0.643. The molecule has 2 heterocycles. The smallest absolute Gasteiger partial charge is 0.221 e. The highest BCUT2D eigenvalue weighted by Gasteiger charge is 2.11. The van der Waals surface area contributed by atoms with Gasteiger partial charge in [0.1, 0.15) is 0 Å². The number of nitrogens with zero attached hydrogens (tertiary/aromatic N) is 1. The molecule has 0 saturated carbocycles. The summed E-state index contributed by atoms with van der Waals surface area (Å²) >= 11 is 1.83. The summed E-state index contributed by atoms with van der Waals surface area (Å²) in [6.45, 7) is 6.90. The fourth-order valence-electron chi connectivity index (χ4n) is 2.16. The standard InChI is InChI=1S/C14H22N2O2S/c1-12-3-4-13(19-12)11-16-7-2-9-18-10-6-15-14(17)5-8-16/h3-4H,2,5-11H2,1H3,(H,15,17). The minimum absolute atomic E-state index is 0.123. The molecule has 1 amide bonds. The van der Waals surface area contributed by atoms with Gasteiger partial charge in [-0.25, -0.2) is 0 Å². The zero-order valence-corrected chi connectivity index (χ0v) is 12.3. The summed E-state index contributed by atoms with van der Waals surface area (Å²) in [6, 6.07) is 4.34. The van der Waals surface area contributed by atoms with E-state index in [1.54, 1.807) is 0 Å². The zero-order valence-electron chi connectivity index (χ0n) is 11.5. The predicted octanol–water partition coefficient (Wildman–Crippen LogP) is 1.79. The number of ether oxygens (including phenoxy) is 1. The van der Waals surface area contributed by atoms with E-state index in [2.05, 4.69) is 29.3 Å². The summed E-state index contributed by atoms with van der Waals surface area (Å²) < 4.78 is 5.48. The summed E-state index contributed by atoms with van der Waals surface area (Å²) in [5.41, 5.74) is 0. The molecule has 1 aromatic heterocycles. The summed E-state index contributed by atoms with van der Waals surface area (Å²) in [5.74, 6) is 0.123. The van der Waals surface area contributed by atoms with E-state index in [0.717, 1.165) is 32.7 Å². The average Bonchev–Trinajstić information content (AvgIpc) is 2.77. The van der Waals surface area contributed by atoms with Gasteiger partial charge in [0.15, 0.2) is 0 Å². The maximum atomic E-state index is 11.6. The molecule has 1 aliphatic rings. The fourth-order valence-corrected chi connectivity index (χ4v) is 3.10. The molecule has 1 aromatic rings. The van der Waals surface area contributed by atoms with E-state index in [4.69, 9.17) is 4.74 Å². The Hall–Kier alpha value is -0.910. The molecule has 1 aliphatic heterocycles. The van der Waals surface area contributed by atoms with Crippen molar-refractivity contribution >= 4 is 17.2 Å². The summed E-state index contributed by atoms with van der Waals surface area (Å²) in [7, 11) is 0. The van der Waals surface area contributed by atoms with E-state index in [-0.39, 0.29) is 5.91 Å². The molecule has 0 aliphatic carbocycles.